The van der Waals surface area contributed by atoms with Gasteiger partial charge < -0.3 is 4.42 Å². The number of aryl methyl sites for hydroxylation is 1. The summed E-state index contributed by atoms with van der Waals surface area (Å²) in [5.41, 5.74) is 15.1. The van der Waals surface area contributed by atoms with E-state index in [4.69, 9.17) is 18.5 Å². The fraction of sp³-hybridized carbons (Fsp3) is 0.345. The van der Waals surface area contributed by atoms with Crippen molar-refractivity contribution in [2.75, 3.05) is 0 Å². The monoisotopic (exact) mass is 783 g/mol. The van der Waals surface area contributed by atoms with Crippen molar-refractivity contribution in [3.05, 3.63) is 137 Å². The summed E-state index contributed by atoms with van der Waals surface area (Å²) in [4.78, 5) is 10.4. The number of rotatable bonds is 6. The number of nitrogens with zero attached hydrogens (tertiary/aromatic N) is 3. The molecule has 0 atom stereocenters. The fourth-order valence-corrected chi connectivity index (χ4v) is 8.33. The Morgan fingerprint density at radius 1 is 0.627 bits per heavy atom. The maximum Gasteiger partial charge on any atom is 0.149 e. The van der Waals surface area contributed by atoms with Gasteiger partial charge in [0.05, 0.1) is 28.0 Å². The summed E-state index contributed by atoms with van der Waals surface area (Å²) >= 11 is 0. The molecule has 302 valence electrons. The average Bonchev–Trinajstić information content (AvgIpc) is 3.77. The first-order valence-corrected chi connectivity index (χ1v) is 21.2. The van der Waals surface area contributed by atoms with Crippen molar-refractivity contribution in [1.29, 1.82) is 0 Å². The summed E-state index contributed by atoms with van der Waals surface area (Å²) in [5.74, 6) is 1.04. The molecule has 0 saturated heterocycles. The second-order valence-electron chi connectivity index (χ2n) is 20.2. The molecule has 4 nitrogen and oxygen atoms in total. The van der Waals surface area contributed by atoms with E-state index in [0.29, 0.717) is 27.8 Å². The predicted octanol–water partition coefficient (Wildman–Crippen LogP) is 15.8. The zero-order valence-corrected chi connectivity index (χ0v) is 37.2. The highest BCUT2D eigenvalue weighted by Crippen LogP contribution is 2.44. The highest BCUT2D eigenvalue weighted by atomic mass is 16.3. The number of pyridine rings is 1. The van der Waals surface area contributed by atoms with E-state index in [1.807, 2.05) is 24.3 Å². The Labute approximate surface area is 356 Å². The number of aromatic nitrogens is 3. The van der Waals surface area contributed by atoms with Crippen molar-refractivity contribution in [2.24, 2.45) is 0 Å². The van der Waals surface area contributed by atoms with E-state index >= 15 is 0 Å². The Morgan fingerprint density at radius 3 is 1.81 bits per heavy atom. The molecule has 3 aromatic heterocycles. The van der Waals surface area contributed by atoms with Gasteiger partial charge in [0, 0.05) is 32.7 Å². The third-order valence-electron chi connectivity index (χ3n) is 12.0. The Bertz CT molecular complexity index is 2930. The molecule has 0 aliphatic heterocycles. The second-order valence-corrected chi connectivity index (χ2v) is 20.2. The van der Waals surface area contributed by atoms with E-state index in [1.54, 1.807) is 12.3 Å². The Balaban J connectivity index is 1.40. The lowest BCUT2D eigenvalue weighted by atomic mass is 9.79. The molecule has 0 aliphatic rings. The average molecular weight is 783 g/mol. The first-order valence-electron chi connectivity index (χ1n) is 22.7. The molecule has 5 aromatic carbocycles. The van der Waals surface area contributed by atoms with Crippen LogP contribution in [-0.4, -0.2) is 14.5 Å². The van der Waals surface area contributed by atoms with Gasteiger partial charge in [-0.1, -0.05) is 139 Å². The molecule has 0 spiro atoms. The van der Waals surface area contributed by atoms with Crippen molar-refractivity contribution < 1.29 is 8.53 Å². The lowest BCUT2D eigenvalue weighted by molar-refractivity contribution is 0.569. The number of fused-ring (bicyclic) bond motifs is 4. The maximum absolute atomic E-state index is 8.68. The second kappa shape index (κ2) is 14.4. The molecule has 0 unspecified atom stereocenters. The van der Waals surface area contributed by atoms with Crippen LogP contribution >= 0.6 is 0 Å². The summed E-state index contributed by atoms with van der Waals surface area (Å²) in [7, 11) is 0. The number of para-hydroxylation sites is 2. The van der Waals surface area contributed by atoms with E-state index in [9.17, 15) is 0 Å². The molecule has 0 bridgehead atoms. The highest BCUT2D eigenvalue weighted by molar-refractivity contribution is 6.11. The normalized spacial score (nSPS) is 13.8. The molecule has 8 rings (SSSR count). The van der Waals surface area contributed by atoms with Gasteiger partial charge in [-0.2, -0.15) is 0 Å². The van der Waals surface area contributed by atoms with Crippen LogP contribution in [0.4, 0.5) is 0 Å². The van der Waals surface area contributed by atoms with E-state index in [2.05, 4.69) is 161 Å². The largest absolute Gasteiger partial charge is 0.455 e. The number of imidazole rings is 1. The standard InChI is InChI=1S/C55H61N3O/c1-32(2)42-27-36(35-20-22-38(23-21-35)53(6,7)8)28-43(33(3)4)50(42)58-47-18-16-15-17-45(47)57-52(58)41-24-19-34(5)49-44-31-56-46(30-48(44)59-51(41)49)37-25-39(54(9,10)11)29-40(26-37)55(12,13)14/h15-33H,1-14H3/i5D3. The van der Waals surface area contributed by atoms with E-state index in [0.717, 1.165) is 33.5 Å². The van der Waals surface area contributed by atoms with E-state index in [1.165, 1.54) is 38.9 Å². The van der Waals surface area contributed by atoms with Crippen LogP contribution < -0.4 is 0 Å². The van der Waals surface area contributed by atoms with E-state index in [-0.39, 0.29) is 33.6 Å². The minimum atomic E-state index is -2.40. The molecule has 0 saturated carbocycles. The van der Waals surface area contributed by atoms with Crippen molar-refractivity contribution in [1.82, 2.24) is 14.5 Å². The lowest BCUT2D eigenvalue weighted by Crippen LogP contribution is -2.16. The van der Waals surface area contributed by atoms with Crippen LogP contribution in [0.2, 0.25) is 0 Å². The summed E-state index contributed by atoms with van der Waals surface area (Å²) < 4.78 is 35.3. The highest BCUT2D eigenvalue weighted by Gasteiger charge is 2.27. The van der Waals surface area contributed by atoms with Crippen LogP contribution in [0.25, 0.3) is 72.4 Å². The maximum atomic E-state index is 8.68. The molecule has 59 heavy (non-hydrogen) atoms. The van der Waals surface area contributed by atoms with Gasteiger partial charge in [-0.05, 0) is 122 Å². The quantitative estimate of drug-likeness (QED) is 0.169. The number of benzene rings is 5. The van der Waals surface area contributed by atoms with Gasteiger partial charge >= 0.3 is 0 Å². The van der Waals surface area contributed by atoms with Crippen LogP contribution in [-0.2, 0) is 16.2 Å². The molecular weight excluding hydrogens is 719 g/mol. The third-order valence-corrected chi connectivity index (χ3v) is 12.0. The lowest BCUT2D eigenvalue weighted by Gasteiger charge is -2.26. The Hall–Kier alpha value is -5.48. The van der Waals surface area contributed by atoms with Gasteiger partial charge in [-0.15, -0.1) is 0 Å². The smallest absolute Gasteiger partial charge is 0.149 e. The van der Waals surface area contributed by atoms with Crippen molar-refractivity contribution in [2.45, 2.75) is 125 Å². The summed E-state index contributed by atoms with van der Waals surface area (Å²) in [6.07, 6.45) is 1.79. The molecule has 0 radical (unpaired) electrons. The molecular formula is C55H61N3O. The molecule has 0 amide bonds. The molecule has 8 aromatic rings. The zero-order chi connectivity index (χ0) is 44.8. The van der Waals surface area contributed by atoms with Gasteiger partial charge in [0.15, 0.2) is 0 Å². The SMILES string of the molecule is [2H]C([2H])([2H])c1ccc(-c2nc3ccccc3n2-c2c(C(C)C)cc(-c3ccc(C(C)(C)C)cc3)cc2C(C)C)c2oc3cc(-c4cc(C(C)(C)C)cc(C(C)(C)C)c4)ncc3c12. The van der Waals surface area contributed by atoms with Crippen molar-refractivity contribution in [3.63, 3.8) is 0 Å². The number of hydrogen-bond donors (Lipinski definition) is 0. The van der Waals surface area contributed by atoms with Crippen LogP contribution in [0.5, 0.6) is 0 Å². The number of hydrogen-bond acceptors (Lipinski definition) is 3. The first-order chi connectivity index (χ1) is 28.9. The van der Waals surface area contributed by atoms with Crippen molar-refractivity contribution in [3.8, 4) is 39.5 Å². The molecule has 0 N–H and O–H groups in total. The third kappa shape index (κ3) is 7.30. The van der Waals surface area contributed by atoms with Crippen LogP contribution in [0.1, 0.15) is 139 Å². The number of furan rings is 1. The minimum Gasteiger partial charge on any atom is -0.455 e. The molecule has 0 aliphatic carbocycles. The summed E-state index contributed by atoms with van der Waals surface area (Å²) in [6, 6.07) is 34.3. The summed E-state index contributed by atoms with van der Waals surface area (Å²) in [6.45, 7) is 26.7. The fourth-order valence-electron chi connectivity index (χ4n) is 8.33. The Morgan fingerprint density at radius 2 is 1.24 bits per heavy atom. The van der Waals surface area contributed by atoms with Gasteiger partial charge in [-0.25, -0.2) is 4.98 Å². The Kier molecular flexibility index (Phi) is 8.91. The van der Waals surface area contributed by atoms with Crippen LogP contribution in [0, 0.1) is 6.85 Å². The predicted molar refractivity (Wildman–Crippen MR) is 251 cm³/mol. The first kappa shape index (κ1) is 36.6. The van der Waals surface area contributed by atoms with E-state index < -0.39 is 6.85 Å². The van der Waals surface area contributed by atoms with Crippen LogP contribution in [0.3, 0.4) is 0 Å². The van der Waals surface area contributed by atoms with Gasteiger partial charge in [0.25, 0.3) is 0 Å². The zero-order valence-electron chi connectivity index (χ0n) is 40.2. The van der Waals surface area contributed by atoms with Crippen LogP contribution in [0.15, 0.2) is 108 Å². The minimum absolute atomic E-state index is 0.0629. The van der Waals surface area contributed by atoms with Crippen molar-refractivity contribution >= 4 is 33.0 Å². The van der Waals surface area contributed by atoms with Gasteiger partial charge in [-0.3, -0.25) is 9.55 Å². The topological polar surface area (TPSA) is 43.9 Å². The van der Waals surface area contributed by atoms with Gasteiger partial charge in [0.2, 0.25) is 0 Å². The summed E-state index contributed by atoms with van der Waals surface area (Å²) in [5, 5.41) is 1.20. The molecule has 4 heteroatoms. The molecule has 3 heterocycles. The van der Waals surface area contributed by atoms with Gasteiger partial charge in [0.1, 0.15) is 17.0 Å². The molecule has 0 fully saturated rings.